The Balaban J connectivity index is 2.88. The first-order valence-electron chi connectivity index (χ1n) is 5.77. The molecule has 0 spiro atoms. The van der Waals surface area contributed by atoms with E-state index in [-0.39, 0.29) is 11.8 Å². The molecule has 1 amide bonds. The summed E-state index contributed by atoms with van der Waals surface area (Å²) in [4.78, 5) is 11.7. The van der Waals surface area contributed by atoms with E-state index in [1.54, 1.807) is 33.8 Å². The number of hydrogen-bond acceptors (Lipinski definition) is 4. The van der Waals surface area contributed by atoms with Crippen molar-refractivity contribution in [3.8, 4) is 5.75 Å². The van der Waals surface area contributed by atoms with Crippen LogP contribution >= 0.6 is 0 Å². The lowest BCUT2D eigenvalue weighted by Crippen LogP contribution is -2.27. The molecule has 0 aromatic heterocycles. The minimum absolute atomic E-state index is 0.108. The summed E-state index contributed by atoms with van der Waals surface area (Å²) in [6, 6.07) is 4.30. The van der Waals surface area contributed by atoms with Gasteiger partial charge in [-0.1, -0.05) is 0 Å². The van der Waals surface area contributed by atoms with Crippen LogP contribution in [0.1, 0.15) is 39.3 Å². The van der Waals surface area contributed by atoms with Crippen molar-refractivity contribution in [2.24, 2.45) is 5.73 Å². The van der Waals surface area contributed by atoms with Gasteiger partial charge in [0.25, 0.3) is 0 Å². The van der Waals surface area contributed by atoms with E-state index >= 15 is 0 Å². The molecular formula is C13H20N2O3. The number of carbonyl (C=O) groups excluding carboxylic acids is 1. The molecule has 0 heterocycles. The summed E-state index contributed by atoms with van der Waals surface area (Å²) >= 11 is 0. The molecule has 4 N–H and O–H groups in total. The van der Waals surface area contributed by atoms with Crippen LogP contribution in [-0.2, 0) is 4.74 Å². The van der Waals surface area contributed by atoms with Crippen molar-refractivity contribution in [3.63, 3.8) is 0 Å². The van der Waals surface area contributed by atoms with Crippen molar-refractivity contribution in [1.29, 1.82) is 0 Å². The van der Waals surface area contributed by atoms with Gasteiger partial charge in [0.1, 0.15) is 11.4 Å². The standard InChI is InChI=1S/C13H20N2O3/c1-8(14)10-7-9(16)5-6-11(10)15-12(17)18-13(2,3)4/h5-8,16H,14H2,1-4H3,(H,15,17)/t8-/m0/s1. The fourth-order valence-electron chi connectivity index (χ4n) is 1.45. The molecule has 0 aliphatic heterocycles. The number of nitrogens with two attached hydrogens (primary N) is 1. The molecule has 0 aliphatic rings. The molecule has 0 unspecified atom stereocenters. The number of phenolic OH excluding ortho intramolecular Hbond substituents is 1. The molecule has 1 aromatic rings. The molecule has 5 heteroatoms. The second-order valence-corrected chi connectivity index (χ2v) is 5.19. The highest BCUT2D eigenvalue weighted by Gasteiger charge is 2.18. The molecule has 0 bridgehead atoms. The van der Waals surface area contributed by atoms with Gasteiger partial charge in [-0.3, -0.25) is 5.32 Å². The number of ether oxygens (including phenoxy) is 1. The smallest absolute Gasteiger partial charge is 0.412 e. The second kappa shape index (κ2) is 5.27. The molecule has 100 valence electrons. The molecule has 0 aliphatic carbocycles. The zero-order chi connectivity index (χ0) is 13.9. The van der Waals surface area contributed by atoms with E-state index in [1.807, 2.05) is 0 Å². The number of nitrogens with one attached hydrogen (secondary N) is 1. The number of phenols is 1. The van der Waals surface area contributed by atoms with Gasteiger partial charge in [0.2, 0.25) is 0 Å². The first-order chi connectivity index (χ1) is 8.19. The third-order valence-electron chi connectivity index (χ3n) is 2.16. The van der Waals surface area contributed by atoms with Crippen LogP contribution in [-0.4, -0.2) is 16.8 Å². The summed E-state index contributed by atoms with van der Waals surface area (Å²) in [7, 11) is 0. The third kappa shape index (κ3) is 4.25. The van der Waals surface area contributed by atoms with Crippen molar-refractivity contribution in [1.82, 2.24) is 0 Å². The molecule has 0 saturated heterocycles. The maximum Gasteiger partial charge on any atom is 0.412 e. The molecule has 1 rings (SSSR count). The van der Waals surface area contributed by atoms with Gasteiger partial charge in [0.05, 0.1) is 0 Å². The van der Waals surface area contributed by atoms with Gasteiger partial charge in [-0.25, -0.2) is 4.79 Å². The van der Waals surface area contributed by atoms with E-state index in [2.05, 4.69) is 5.32 Å². The molecular weight excluding hydrogens is 232 g/mol. The molecule has 18 heavy (non-hydrogen) atoms. The van der Waals surface area contributed by atoms with E-state index in [4.69, 9.17) is 10.5 Å². The summed E-state index contributed by atoms with van der Waals surface area (Å²) in [5.41, 5.74) is 6.42. The second-order valence-electron chi connectivity index (χ2n) is 5.19. The summed E-state index contributed by atoms with van der Waals surface area (Å²) < 4.78 is 5.15. The Kier molecular flexibility index (Phi) is 4.19. The number of hydrogen-bond donors (Lipinski definition) is 3. The van der Waals surface area contributed by atoms with Gasteiger partial charge in [-0.15, -0.1) is 0 Å². The normalized spacial score (nSPS) is 12.9. The van der Waals surface area contributed by atoms with Crippen LogP contribution in [0.15, 0.2) is 18.2 Å². The Labute approximate surface area is 107 Å². The Bertz CT molecular complexity index is 436. The van der Waals surface area contributed by atoms with Crippen LogP contribution in [0.4, 0.5) is 10.5 Å². The SMILES string of the molecule is C[C@H](N)c1cc(O)ccc1NC(=O)OC(C)(C)C. The van der Waals surface area contributed by atoms with Gasteiger partial charge in [-0.05, 0) is 51.5 Å². The van der Waals surface area contributed by atoms with Crippen LogP contribution in [0.2, 0.25) is 0 Å². The quantitative estimate of drug-likeness (QED) is 0.706. The Hall–Kier alpha value is -1.75. The van der Waals surface area contributed by atoms with Gasteiger partial charge in [0.15, 0.2) is 0 Å². The average Bonchev–Trinajstić information content (AvgIpc) is 2.17. The Morgan fingerprint density at radius 2 is 2.06 bits per heavy atom. The van der Waals surface area contributed by atoms with Gasteiger partial charge < -0.3 is 15.6 Å². The van der Waals surface area contributed by atoms with E-state index in [0.717, 1.165) is 0 Å². The lowest BCUT2D eigenvalue weighted by molar-refractivity contribution is 0.0635. The Morgan fingerprint density at radius 3 is 2.56 bits per heavy atom. The number of amides is 1. The Morgan fingerprint density at radius 1 is 1.44 bits per heavy atom. The predicted molar refractivity (Wildman–Crippen MR) is 70.6 cm³/mol. The number of anilines is 1. The number of carbonyl (C=O) groups is 1. The summed E-state index contributed by atoms with van der Waals surface area (Å²) in [6.07, 6.45) is -0.546. The van der Waals surface area contributed by atoms with E-state index < -0.39 is 11.7 Å². The van der Waals surface area contributed by atoms with Crippen molar-refractivity contribution in [2.75, 3.05) is 5.32 Å². The maximum atomic E-state index is 11.7. The average molecular weight is 252 g/mol. The van der Waals surface area contributed by atoms with Crippen LogP contribution in [0.5, 0.6) is 5.75 Å². The molecule has 1 aromatic carbocycles. The van der Waals surface area contributed by atoms with Crippen molar-refractivity contribution < 1.29 is 14.6 Å². The number of benzene rings is 1. The third-order valence-corrected chi connectivity index (χ3v) is 2.16. The van der Waals surface area contributed by atoms with Crippen molar-refractivity contribution >= 4 is 11.8 Å². The highest BCUT2D eigenvalue weighted by atomic mass is 16.6. The van der Waals surface area contributed by atoms with Gasteiger partial charge in [-0.2, -0.15) is 0 Å². The maximum absolute atomic E-state index is 11.7. The lowest BCUT2D eigenvalue weighted by atomic mass is 10.1. The van der Waals surface area contributed by atoms with E-state index in [9.17, 15) is 9.90 Å². The molecule has 0 fully saturated rings. The van der Waals surface area contributed by atoms with Crippen LogP contribution in [0.25, 0.3) is 0 Å². The fraction of sp³-hybridized carbons (Fsp3) is 0.462. The summed E-state index contributed by atoms with van der Waals surface area (Å²) in [5, 5.41) is 12.0. The number of rotatable bonds is 2. The number of aromatic hydroxyl groups is 1. The van der Waals surface area contributed by atoms with Crippen molar-refractivity contribution in [3.05, 3.63) is 23.8 Å². The zero-order valence-corrected chi connectivity index (χ0v) is 11.2. The largest absolute Gasteiger partial charge is 0.508 e. The highest BCUT2D eigenvalue weighted by Crippen LogP contribution is 2.26. The van der Waals surface area contributed by atoms with Crippen LogP contribution < -0.4 is 11.1 Å². The monoisotopic (exact) mass is 252 g/mol. The summed E-state index contributed by atoms with van der Waals surface area (Å²) in [5.74, 6) is 0.108. The van der Waals surface area contributed by atoms with E-state index in [0.29, 0.717) is 11.3 Å². The predicted octanol–water partition coefficient (Wildman–Crippen LogP) is 2.76. The molecule has 1 atom stereocenters. The zero-order valence-electron chi connectivity index (χ0n) is 11.2. The van der Waals surface area contributed by atoms with Crippen LogP contribution in [0.3, 0.4) is 0 Å². The minimum Gasteiger partial charge on any atom is -0.508 e. The lowest BCUT2D eigenvalue weighted by Gasteiger charge is -2.21. The minimum atomic E-state index is -0.560. The molecule has 0 saturated carbocycles. The van der Waals surface area contributed by atoms with Crippen molar-refractivity contribution in [2.45, 2.75) is 39.3 Å². The first kappa shape index (κ1) is 14.3. The molecule has 0 radical (unpaired) electrons. The fourth-order valence-corrected chi connectivity index (χ4v) is 1.45. The molecule has 5 nitrogen and oxygen atoms in total. The highest BCUT2D eigenvalue weighted by molar-refractivity contribution is 5.86. The van der Waals surface area contributed by atoms with E-state index in [1.165, 1.54) is 12.1 Å². The summed E-state index contributed by atoms with van der Waals surface area (Å²) in [6.45, 7) is 7.14. The first-order valence-corrected chi connectivity index (χ1v) is 5.77. The van der Waals surface area contributed by atoms with Crippen LogP contribution in [0, 0.1) is 0 Å². The van der Waals surface area contributed by atoms with Gasteiger partial charge in [0, 0.05) is 11.7 Å². The van der Waals surface area contributed by atoms with Gasteiger partial charge >= 0.3 is 6.09 Å². The topological polar surface area (TPSA) is 84.6 Å².